The first-order valence-corrected chi connectivity index (χ1v) is 5.61. The molecule has 0 fully saturated rings. The highest BCUT2D eigenvalue weighted by atomic mass is 19.1. The second kappa shape index (κ2) is 5.40. The van der Waals surface area contributed by atoms with Crippen molar-refractivity contribution in [3.8, 4) is 11.3 Å². The molecule has 2 rings (SSSR count). The summed E-state index contributed by atoms with van der Waals surface area (Å²) in [4.78, 5) is 15.5. The number of esters is 1. The highest BCUT2D eigenvalue weighted by molar-refractivity contribution is 5.88. The van der Waals surface area contributed by atoms with Gasteiger partial charge in [-0.15, -0.1) is 0 Å². The molecule has 18 heavy (non-hydrogen) atoms. The van der Waals surface area contributed by atoms with Gasteiger partial charge in [0.15, 0.2) is 11.5 Å². The number of aromatic nitrogens is 1. The van der Waals surface area contributed by atoms with E-state index in [1.807, 2.05) is 30.3 Å². The van der Waals surface area contributed by atoms with Gasteiger partial charge in [-0.1, -0.05) is 30.3 Å². The molecule has 4 heteroatoms. The minimum atomic E-state index is -0.743. The topological polar surface area (TPSA) is 39.2 Å². The van der Waals surface area contributed by atoms with Crippen LogP contribution >= 0.6 is 0 Å². The second-order valence-electron chi connectivity index (χ2n) is 3.61. The van der Waals surface area contributed by atoms with Gasteiger partial charge in [0.2, 0.25) is 0 Å². The van der Waals surface area contributed by atoms with Crippen LogP contribution < -0.4 is 0 Å². The Morgan fingerprint density at radius 1 is 1.22 bits per heavy atom. The van der Waals surface area contributed by atoms with E-state index in [1.165, 1.54) is 12.1 Å². The van der Waals surface area contributed by atoms with E-state index in [9.17, 15) is 9.18 Å². The lowest BCUT2D eigenvalue weighted by Crippen LogP contribution is -2.10. The number of hydrogen-bond acceptors (Lipinski definition) is 3. The number of rotatable bonds is 3. The van der Waals surface area contributed by atoms with Crippen LogP contribution in [0, 0.1) is 5.82 Å². The third kappa shape index (κ3) is 2.53. The van der Waals surface area contributed by atoms with Crippen molar-refractivity contribution < 1.29 is 13.9 Å². The number of pyridine rings is 1. The number of nitrogens with zero attached hydrogens (tertiary/aromatic N) is 1. The fraction of sp³-hybridized carbons (Fsp3) is 0.143. The standard InChI is InChI=1S/C14H12FNO2/c1-2-18-14(17)13-11(15)8-9-12(16-13)10-6-4-3-5-7-10/h3-9H,2H2,1H3. The zero-order chi connectivity index (χ0) is 13.0. The van der Waals surface area contributed by atoms with Gasteiger partial charge in [0.25, 0.3) is 0 Å². The number of hydrogen-bond donors (Lipinski definition) is 0. The van der Waals surface area contributed by atoms with Crippen molar-refractivity contribution in [3.63, 3.8) is 0 Å². The van der Waals surface area contributed by atoms with Crippen LogP contribution in [0.2, 0.25) is 0 Å². The monoisotopic (exact) mass is 245 g/mol. The maximum Gasteiger partial charge on any atom is 0.360 e. The summed E-state index contributed by atoms with van der Waals surface area (Å²) in [5, 5.41) is 0. The minimum absolute atomic E-state index is 0.190. The average molecular weight is 245 g/mol. The van der Waals surface area contributed by atoms with E-state index in [-0.39, 0.29) is 12.3 Å². The molecule has 1 aromatic carbocycles. The Balaban J connectivity index is 2.41. The molecule has 92 valence electrons. The van der Waals surface area contributed by atoms with Gasteiger partial charge in [-0.2, -0.15) is 0 Å². The van der Waals surface area contributed by atoms with Crippen molar-refractivity contribution in [2.75, 3.05) is 6.61 Å². The molecule has 0 bridgehead atoms. The lowest BCUT2D eigenvalue weighted by Gasteiger charge is -2.05. The summed E-state index contributed by atoms with van der Waals surface area (Å²) in [6.07, 6.45) is 0. The summed E-state index contributed by atoms with van der Waals surface area (Å²) < 4.78 is 18.3. The van der Waals surface area contributed by atoms with E-state index >= 15 is 0 Å². The predicted molar refractivity (Wildman–Crippen MR) is 65.6 cm³/mol. The van der Waals surface area contributed by atoms with Crippen LogP contribution in [0.3, 0.4) is 0 Å². The van der Waals surface area contributed by atoms with E-state index < -0.39 is 11.8 Å². The van der Waals surface area contributed by atoms with Gasteiger partial charge in [0.05, 0.1) is 12.3 Å². The number of benzene rings is 1. The third-order valence-electron chi connectivity index (χ3n) is 2.38. The van der Waals surface area contributed by atoms with Crippen molar-refractivity contribution in [2.45, 2.75) is 6.92 Å². The fourth-order valence-electron chi connectivity index (χ4n) is 1.55. The number of ether oxygens (including phenoxy) is 1. The summed E-state index contributed by atoms with van der Waals surface area (Å²) >= 11 is 0. The molecule has 0 saturated carbocycles. The number of carbonyl (C=O) groups is 1. The zero-order valence-corrected chi connectivity index (χ0v) is 9.89. The Morgan fingerprint density at radius 3 is 2.61 bits per heavy atom. The van der Waals surface area contributed by atoms with Crippen molar-refractivity contribution in [2.24, 2.45) is 0 Å². The molecule has 0 spiro atoms. The summed E-state index contributed by atoms with van der Waals surface area (Å²) in [5.41, 5.74) is 1.08. The van der Waals surface area contributed by atoms with Crippen LogP contribution in [0.15, 0.2) is 42.5 Å². The molecule has 0 N–H and O–H groups in total. The molecule has 3 nitrogen and oxygen atoms in total. The Morgan fingerprint density at radius 2 is 1.94 bits per heavy atom. The quantitative estimate of drug-likeness (QED) is 0.780. The van der Waals surface area contributed by atoms with Crippen molar-refractivity contribution in [1.82, 2.24) is 4.98 Å². The number of carbonyl (C=O) groups excluding carboxylic acids is 1. The van der Waals surface area contributed by atoms with Crippen molar-refractivity contribution >= 4 is 5.97 Å². The normalized spacial score (nSPS) is 10.1. The second-order valence-corrected chi connectivity index (χ2v) is 3.61. The lowest BCUT2D eigenvalue weighted by molar-refractivity contribution is 0.0514. The minimum Gasteiger partial charge on any atom is -0.461 e. The molecule has 0 saturated heterocycles. The molecule has 0 amide bonds. The van der Waals surface area contributed by atoms with E-state index in [4.69, 9.17) is 4.74 Å². The molecular formula is C14H12FNO2. The van der Waals surface area contributed by atoms with E-state index in [2.05, 4.69) is 4.98 Å². The van der Waals surface area contributed by atoms with Crippen LogP contribution in [0.1, 0.15) is 17.4 Å². The molecular weight excluding hydrogens is 233 g/mol. The summed E-state index contributed by atoms with van der Waals surface area (Å²) in [6, 6.07) is 12.0. The van der Waals surface area contributed by atoms with Gasteiger partial charge in [-0.25, -0.2) is 14.2 Å². The smallest absolute Gasteiger partial charge is 0.360 e. The van der Waals surface area contributed by atoms with Gasteiger partial charge in [-0.05, 0) is 19.1 Å². The fourth-order valence-corrected chi connectivity index (χ4v) is 1.55. The van der Waals surface area contributed by atoms with Crippen LogP contribution in [0.4, 0.5) is 4.39 Å². The van der Waals surface area contributed by atoms with Crippen LogP contribution in [0.25, 0.3) is 11.3 Å². The predicted octanol–water partition coefficient (Wildman–Crippen LogP) is 3.06. The average Bonchev–Trinajstić information content (AvgIpc) is 2.40. The van der Waals surface area contributed by atoms with Crippen molar-refractivity contribution in [3.05, 3.63) is 54.0 Å². The van der Waals surface area contributed by atoms with Gasteiger partial charge < -0.3 is 4.74 Å². The van der Waals surface area contributed by atoms with Crippen LogP contribution in [-0.4, -0.2) is 17.6 Å². The molecule has 0 aliphatic heterocycles. The summed E-state index contributed by atoms with van der Waals surface area (Å²) in [6.45, 7) is 1.85. The Kier molecular flexibility index (Phi) is 3.67. The highest BCUT2D eigenvalue weighted by Crippen LogP contribution is 2.18. The van der Waals surface area contributed by atoms with Gasteiger partial charge in [0, 0.05) is 5.56 Å². The maximum atomic E-state index is 13.5. The molecule has 1 heterocycles. The number of halogens is 1. The van der Waals surface area contributed by atoms with Crippen LogP contribution in [0.5, 0.6) is 0 Å². The SMILES string of the molecule is CCOC(=O)c1nc(-c2ccccc2)ccc1F. The molecule has 0 atom stereocenters. The van der Waals surface area contributed by atoms with Crippen LogP contribution in [-0.2, 0) is 4.74 Å². The molecule has 0 aliphatic carbocycles. The third-order valence-corrected chi connectivity index (χ3v) is 2.38. The molecule has 1 aromatic heterocycles. The molecule has 0 aliphatic rings. The largest absolute Gasteiger partial charge is 0.461 e. The first-order valence-electron chi connectivity index (χ1n) is 5.61. The Hall–Kier alpha value is -2.23. The van der Waals surface area contributed by atoms with Gasteiger partial charge in [-0.3, -0.25) is 0 Å². The van der Waals surface area contributed by atoms with Gasteiger partial charge in [0.1, 0.15) is 0 Å². The maximum absolute atomic E-state index is 13.5. The first-order chi connectivity index (χ1) is 8.72. The molecule has 0 unspecified atom stereocenters. The molecule has 0 radical (unpaired) electrons. The Labute approximate surface area is 104 Å². The highest BCUT2D eigenvalue weighted by Gasteiger charge is 2.15. The summed E-state index contributed by atoms with van der Waals surface area (Å²) in [7, 11) is 0. The summed E-state index contributed by atoms with van der Waals surface area (Å²) in [5.74, 6) is -1.42. The lowest BCUT2D eigenvalue weighted by atomic mass is 10.1. The first kappa shape index (κ1) is 12.2. The Bertz CT molecular complexity index is 555. The van der Waals surface area contributed by atoms with E-state index in [1.54, 1.807) is 6.92 Å². The van der Waals surface area contributed by atoms with E-state index in [0.717, 1.165) is 5.56 Å². The van der Waals surface area contributed by atoms with E-state index in [0.29, 0.717) is 5.69 Å². The zero-order valence-electron chi connectivity index (χ0n) is 9.89. The van der Waals surface area contributed by atoms with Crippen molar-refractivity contribution in [1.29, 1.82) is 0 Å². The van der Waals surface area contributed by atoms with Gasteiger partial charge >= 0.3 is 5.97 Å². The molecule has 2 aromatic rings.